The van der Waals surface area contributed by atoms with Gasteiger partial charge >= 0.3 is 0 Å². The summed E-state index contributed by atoms with van der Waals surface area (Å²) in [5.74, 6) is -0.160. The number of furan rings is 1. The van der Waals surface area contributed by atoms with Gasteiger partial charge in [0.15, 0.2) is 10.4 Å². The van der Waals surface area contributed by atoms with E-state index in [2.05, 4.69) is 22.5 Å². The quantitative estimate of drug-likeness (QED) is 0.725. The molecule has 1 aliphatic rings. The van der Waals surface area contributed by atoms with Crippen molar-refractivity contribution in [1.82, 2.24) is 4.90 Å². The number of carbonyl (C=O) groups excluding carboxylic acids is 2. The van der Waals surface area contributed by atoms with Gasteiger partial charge in [-0.2, -0.15) is 0 Å². The second-order valence-electron chi connectivity index (χ2n) is 6.03. The first-order chi connectivity index (χ1) is 12.0. The topological polar surface area (TPSA) is 53.8 Å². The van der Waals surface area contributed by atoms with Crippen LogP contribution in [-0.2, 0) is 0 Å². The van der Waals surface area contributed by atoms with Gasteiger partial charge in [0.25, 0.3) is 11.8 Å². The third kappa shape index (κ3) is 3.69. The molecule has 2 amide bonds. The minimum atomic E-state index is -0.307. The van der Waals surface area contributed by atoms with E-state index in [4.69, 9.17) is 4.42 Å². The maximum absolute atomic E-state index is 12.9. The van der Waals surface area contributed by atoms with Crippen molar-refractivity contribution in [2.75, 3.05) is 25.0 Å². The third-order valence-corrected chi connectivity index (χ3v) is 4.77. The molecule has 6 heteroatoms. The van der Waals surface area contributed by atoms with Gasteiger partial charge in [-0.3, -0.25) is 9.59 Å². The molecule has 0 aliphatic carbocycles. The summed E-state index contributed by atoms with van der Waals surface area (Å²) in [7, 11) is 1.64. The molecule has 1 aromatic heterocycles. The van der Waals surface area contributed by atoms with Crippen LogP contribution in [0.1, 0.15) is 33.8 Å². The Kier molecular flexibility index (Phi) is 5.08. The van der Waals surface area contributed by atoms with Gasteiger partial charge < -0.3 is 14.2 Å². The Morgan fingerprint density at radius 1 is 1.16 bits per heavy atom. The van der Waals surface area contributed by atoms with Crippen LogP contribution in [0.25, 0.3) is 0 Å². The Labute approximate surface area is 155 Å². The molecule has 130 valence electrons. The first kappa shape index (κ1) is 17.5. The summed E-state index contributed by atoms with van der Waals surface area (Å²) in [6, 6.07) is 10.4. The zero-order valence-electron chi connectivity index (χ0n) is 14.0. The van der Waals surface area contributed by atoms with Gasteiger partial charge in [-0.1, -0.05) is 24.3 Å². The van der Waals surface area contributed by atoms with Gasteiger partial charge in [-0.05, 0) is 53.0 Å². The Hall–Kier alpha value is -2.34. The molecule has 0 bridgehead atoms. The molecule has 2 aromatic rings. The number of amides is 2. The molecular formula is C19H19BrN2O3. The van der Waals surface area contributed by atoms with Crippen molar-refractivity contribution >= 4 is 33.4 Å². The van der Waals surface area contributed by atoms with Crippen LogP contribution in [0, 0.1) is 0 Å². The summed E-state index contributed by atoms with van der Waals surface area (Å²) in [6.45, 7) is 5.30. The van der Waals surface area contributed by atoms with E-state index in [1.54, 1.807) is 37.4 Å². The molecule has 0 atom stereocenters. The number of anilines is 1. The number of piperidine rings is 1. The van der Waals surface area contributed by atoms with Crippen molar-refractivity contribution in [3.05, 3.63) is 64.5 Å². The summed E-state index contributed by atoms with van der Waals surface area (Å²) >= 11 is 3.20. The highest BCUT2D eigenvalue weighted by Gasteiger charge is 2.25. The Morgan fingerprint density at radius 3 is 2.48 bits per heavy atom. The van der Waals surface area contributed by atoms with Crippen LogP contribution in [-0.4, -0.2) is 36.9 Å². The van der Waals surface area contributed by atoms with Crippen LogP contribution in [0.3, 0.4) is 0 Å². The molecule has 5 nitrogen and oxygen atoms in total. The van der Waals surface area contributed by atoms with Crippen LogP contribution in [0.15, 0.2) is 57.6 Å². The van der Waals surface area contributed by atoms with E-state index in [1.165, 1.54) is 10.5 Å². The lowest BCUT2D eigenvalue weighted by Gasteiger charge is -2.29. The number of rotatable bonds is 3. The van der Waals surface area contributed by atoms with Crippen molar-refractivity contribution in [2.24, 2.45) is 0 Å². The monoisotopic (exact) mass is 402 g/mol. The van der Waals surface area contributed by atoms with Crippen molar-refractivity contribution in [1.29, 1.82) is 0 Å². The standard InChI is InChI=1S/C19H19BrN2O3/c1-13-9-11-22(12-10-13)18(23)14-5-3-4-6-15(14)21(2)19(24)16-7-8-17(20)25-16/h3-8H,1,9-12H2,2H3. The molecule has 0 unspecified atom stereocenters. The van der Waals surface area contributed by atoms with Crippen LogP contribution in [0.5, 0.6) is 0 Å². The normalized spacial score (nSPS) is 14.5. The molecule has 0 spiro atoms. The molecule has 0 saturated carbocycles. The predicted molar refractivity (Wildman–Crippen MR) is 99.9 cm³/mol. The number of nitrogens with zero attached hydrogens (tertiary/aromatic N) is 2. The van der Waals surface area contributed by atoms with Gasteiger partial charge in [0.05, 0.1) is 11.3 Å². The molecule has 1 aliphatic heterocycles. The fraction of sp³-hybridized carbons (Fsp3) is 0.263. The Balaban J connectivity index is 1.86. The molecule has 1 fully saturated rings. The molecule has 3 rings (SSSR count). The van der Waals surface area contributed by atoms with E-state index in [9.17, 15) is 9.59 Å². The van der Waals surface area contributed by atoms with Crippen molar-refractivity contribution < 1.29 is 14.0 Å². The molecule has 0 N–H and O–H groups in total. The van der Waals surface area contributed by atoms with E-state index in [0.717, 1.165) is 12.8 Å². The lowest BCUT2D eigenvalue weighted by molar-refractivity contribution is 0.0744. The lowest BCUT2D eigenvalue weighted by Crippen LogP contribution is -2.37. The molecule has 0 radical (unpaired) electrons. The van der Waals surface area contributed by atoms with Crippen molar-refractivity contribution in [2.45, 2.75) is 12.8 Å². The minimum Gasteiger partial charge on any atom is -0.444 e. The Morgan fingerprint density at radius 2 is 1.84 bits per heavy atom. The maximum Gasteiger partial charge on any atom is 0.293 e. The van der Waals surface area contributed by atoms with E-state index >= 15 is 0 Å². The van der Waals surface area contributed by atoms with Crippen LogP contribution in [0.4, 0.5) is 5.69 Å². The van der Waals surface area contributed by atoms with Crippen LogP contribution >= 0.6 is 15.9 Å². The summed E-state index contributed by atoms with van der Waals surface area (Å²) < 4.78 is 5.82. The van der Waals surface area contributed by atoms with Gasteiger partial charge in [-0.25, -0.2) is 0 Å². The summed E-state index contributed by atoms with van der Waals surface area (Å²) in [4.78, 5) is 28.8. The second-order valence-corrected chi connectivity index (χ2v) is 6.81. The number of hydrogen-bond donors (Lipinski definition) is 0. The number of carbonyl (C=O) groups is 2. The van der Waals surface area contributed by atoms with E-state index < -0.39 is 0 Å². The predicted octanol–water partition coefficient (Wildman–Crippen LogP) is 4.11. The van der Waals surface area contributed by atoms with E-state index in [1.807, 2.05) is 11.0 Å². The summed E-state index contributed by atoms with van der Waals surface area (Å²) in [6.07, 6.45) is 1.65. The highest BCUT2D eigenvalue weighted by atomic mass is 79.9. The SMILES string of the molecule is C=C1CCN(C(=O)c2ccccc2N(C)C(=O)c2ccc(Br)o2)CC1. The van der Waals surface area contributed by atoms with Crippen molar-refractivity contribution in [3.8, 4) is 0 Å². The van der Waals surface area contributed by atoms with Gasteiger partial charge in [0, 0.05) is 20.1 Å². The number of benzene rings is 1. The van der Waals surface area contributed by atoms with E-state index in [-0.39, 0.29) is 17.6 Å². The molecule has 25 heavy (non-hydrogen) atoms. The first-order valence-corrected chi connectivity index (χ1v) is 8.85. The van der Waals surface area contributed by atoms with Crippen LogP contribution in [0.2, 0.25) is 0 Å². The fourth-order valence-corrected chi connectivity index (χ4v) is 3.15. The average molecular weight is 403 g/mol. The molecule has 2 heterocycles. The molecular weight excluding hydrogens is 384 g/mol. The number of halogens is 1. The van der Waals surface area contributed by atoms with Gasteiger partial charge in [0.2, 0.25) is 0 Å². The van der Waals surface area contributed by atoms with Gasteiger partial charge in [-0.15, -0.1) is 0 Å². The molecule has 1 aromatic carbocycles. The lowest BCUT2D eigenvalue weighted by atomic mass is 10.0. The van der Waals surface area contributed by atoms with Crippen LogP contribution < -0.4 is 4.90 Å². The highest BCUT2D eigenvalue weighted by Crippen LogP contribution is 2.25. The number of likely N-dealkylation sites (tertiary alicyclic amines) is 1. The highest BCUT2D eigenvalue weighted by molar-refractivity contribution is 9.10. The smallest absolute Gasteiger partial charge is 0.293 e. The largest absolute Gasteiger partial charge is 0.444 e. The van der Waals surface area contributed by atoms with E-state index in [0.29, 0.717) is 29.0 Å². The molecule has 1 saturated heterocycles. The maximum atomic E-state index is 12.9. The van der Waals surface area contributed by atoms with Gasteiger partial charge in [0.1, 0.15) is 0 Å². The average Bonchev–Trinajstić information content (AvgIpc) is 3.07. The third-order valence-electron chi connectivity index (χ3n) is 4.34. The summed E-state index contributed by atoms with van der Waals surface area (Å²) in [5.41, 5.74) is 2.25. The van der Waals surface area contributed by atoms with Crippen molar-refractivity contribution in [3.63, 3.8) is 0 Å². The first-order valence-electron chi connectivity index (χ1n) is 8.05. The second kappa shape index (κ2) is 7.27. The minimum absolute atomic E-state index is 0.0663. The zero-order valence-corrected chi connectivity index (χ0v) is 15.6. The zero-order chi connectivity index (χ0) is 18.0. The number of para-hydroxylation sites is 1. The fourth-order valence-electron chi connectivity index (χ4n) is 2.85. The Bertz CT molecular complexity index is 818. The number of hydrogen-bond acceptors (Lipinski definition) is 3. The summed E-state index contributed by atoms with van der Waals surface area (Å²) in [5, 5.41) is 0.